The van der Waals surface area contributed by atoms with Crippen LogP contribution in [0.3, 0.4) is 0 Å². The highest BCUT2D eigenvalue weighted by Crippen LogP contribution is 2.38. The lowest BCUT2D eigenvalue weighted by Crippen LogP contribution is -2.52. The van der Waals surface area contributed by atoms with Crippen LogP contribution in [0.2, 0.25) is 0 Å². The zero-order chi connectivity index (χ0) is 14.2. The summed E-state index contributed by atoms with van der Waals surface area (Å²) in [6.07, 6.45) is 2.20. The molecule has 0 bridgehead atoms. The molecule has 0 radical (unpaired) electrons. The van der Waals surface area contributed by atoms with Gasteiger partial charge < -0.3 is 10.4 Å². The molecule has 0 aromatic heterocycles. The third-order valence-corrected chi connectivity index (χ3v) is 4.03. The number of nitrogens with zero attached hydrogens (tertiary/aromatic N) is 1. The lowest BCUT2D eigenvalue weighted by molar-refractivity contribution is -0.145. The predicted octanol–water partition coefficient (Wildman–Crippen LogP) is 3.13. The van der Waals surface area contributed by atoms with E-state index >= 15 is 0 Å². The molecule has 3 rings (SSSR count). The molecule has 0 spiro atoms. The summed E-state index contributed by atoms with van der Waals surface area (Å²) in [7, 11) is 0. The van der Waals surface area contributed by atoms with E-state index in [2.05, 4.69) is 11.4 Å². The van der Waals surface area contributed by atoms with E-state index in [1.54, 1.807) is 12.1 Å². The number of nitrogens with one attached hydrogen (secondary N) is 1. The Labute approximate surface area is 116 Å². The Morgan fingerprint density at radius 3 is 2.45 bits per heavy atom. The highest BCUT2D eigenvalue weighted by atomic mass is 16.4. The van der Waals surface area contributed by atoms with E-state index in [1.807, 2.05) is 24.3 Å². The van der Waals surface area contributed by atoms with Gasteiger partial charge in [0.15, 0.2) is 0 Å². The number of carbonyl (C=O) groups is 1. The maximum absolute atomic E-state index is 11.5. The number of carboxylic acids is 1. The molecule has 0 saturated heterocycles. The van der Waals surface area contributed by atoms with Crippen LogP contribution >= 0.6 is 0 Å². The fourth-order valence-corrected chi connectivity index (χ4v) is 2.69. The Kier molecular flexibility index (Phi) is 2.83. The van der Waals surface area contributed by atoms with Crippen LogP contribution in [0.25, 0.3) is 10.8 Å². The number of hydrogen-bond acceptors (Lipinski definition) is 3. The van der Waals surface area contributed by atoms with Gasteiger partial charge in [-0.2, -0.15) is 5.26 Å². The van der Waals surface area contributed by atoms with E-state index < -0.39 is 11.5 Å². The van der Waals surface area contributed by atoms with Crippen molar-refractivity contribution in [2.24, 2.45) is 0 Å². The first-order valence-electron chi connectivity index (χ1n) is 6.60. The van der Waals surface area contributed by atoms with Crippen LogP contribution in [0.1, 0.15) is 24.8 Å². The summed E-state index contributed by atoms with van der Waals surface area (Å²) >= 11 is 0. The summed E-state index contributed by atoms with van der Waals surface area (Å²) in [4.78, 5) is 11.5. The van der Waals surface area contributed by atoms with Gasteiger partial charge in [-0.05, 0) is 31.4 Å². The molecule has 1 aliphatic carbocycles. The van der Waals surface area contributed by atoms with Gasteiger partial charge >= 0.3 is 5.97 Å². The van der Waals surface area contributed by atoms with Crippen molar-refractivity contribution in [3.8, 4) is 6.07 Å². The number of benzene rings is 2. The van der Waals surface area contributed by atoms with Gasteiger partial charge in [0.1, 0.15) is 5.54 Å². The Morgan fingerprint density at radius 1 is 1.20 bits per heavy atom. The van der Waals surface area contributed by atoms with Gasteiger partial charge in [-0.3, -0.25) is 0 Å². The third-order valence-electron chi connectivity index (χ3n) is 4.03. The van der Waals surface area contributed by atoms with Crippen molar-refractivity contribution in [1.82, 2.24) is 0 Å². The topological polar surface area (TPSA) is 73.1 Å². The quantitative estimate of drug-likeness (QED) is 0.895. The molecule has 1 aliphatic rings. The lowest BCUT2D eigenvalue weighted by atomic mass is 9.76. The minimum absolute atomic E-state index is 0.601. The van der Waals surface area contributed by atoms with Crippen LogP contribution in [0, 0.1) is 11.3 Å². The Morgan fingerprint density at radius 2 is 1.90 bits per heavy atom. The summed E-state index contributed by atoms with van der Waals surface area (Å²) in [5, 5.41) is 23.5. The maximum Gasteiger partial charge on any atom is 0.329 e. The minimum Gasteiger partial charge on any atom is -0.480 e. The summed E-state index contributed by atoms with van der Waals surface area (Å²) in [5.41, 5.74) is 0.530. The van der Waals surface area contributed by atoms with Crippen LogP contribution < -0.4 is 5.32 Å². The standard InChI is InChI=1S/C16H14N2O2/c17-10-11-6-7-14(13-5-2-1-4-12(11)13)18-16(15(19)20)8-3-9-16/h1-2,4-7,18H,3,8-9H2,(H,19,20). The maximum atomic E-state index is 11.5. The molecule has 0 aliphatic heterocycles. The Bertz CT molecular complexity index is 727. The molecule has 4 nitrogen and oxygen atoms in total. The van der Waals surface area contributed by atoms with E-state index in [1.165, 1.54) is 0 Å². The SMILES string of the molecule is N#Cc1ccc(NC2(C(=O)O)CCC2)c2ccccc12. The van der Waals surface area contributed by atoms with E-state index in [0.717, 1.165) is 22.9 Å². The molecule has 0 atom stereocenters. The second-order valence-electron chi connectivity index (χ2n) is 5.18. The van der Waals surface area contributed by atoms with Crippen molar-refractivity contribution >= 4 is 22.4 Å². The van der Waals surface area contributed by atoms with Gasteiger partial charge in [0, 0.05) is 16.5 Å². The van der Waals surface area contributed by atoms with E-state index in [9.17, 15) is 9.90 Å². The second kappa shape index (κ2) is 4.53. The van der Waals surface area contributed by atoms with Crippen molar-refractivity contribution in [1.29, 1.82) is 5.26 Å². The number of anilines is 1. The molecular formula is C16H14N2O2. The summed E-state index contributed by atoms with van der Waals surface area (Å²) in [6, 6.07) is 13.3. The first-order valence-corrected chi connectivity index (χ1v) is 6.60. The molecule has 2 N–H and O–H groups in total. The van der Waals surface area contributed by atoms with Crippen molar-refractivity contribution < 1.29 is 9.90 Å². The number of nitriles is 1. The molecule has 1 saturated carbocycles. The Hall–Kier alpha value is -2.54. The fourth-order valence-electron chi connectivity index (χ4n) is 2.69. The zero-order valence-electron chi connectivity index (χ0n) is 10.9. The van der Waals surface area contributed by atoms with Crippen LogP contribution in [-0.2, 0) is 4.79 Å². The number of carboxylic acid groups (broad SMARTS) is 1. The zero-order valence-corrected chi connectivity index (χ0v) is 10.9. The van der Waals surface area contributed by atoms with E-state index in [4.69, 9.17) is 5.26 Å². The Balaban J connectivity index is 2.09. The summed E-state index contributed by atoms with van der Waals surface area (Å²) in [5.74, 6) is -0.808. The van der Waals surface area contributed by atoms with Gasteiger partial charge in [-0.15, -0.1) is 0 Å². The first kappa shape index (κ1) is 12.5. The average molecular weight is 266 g/mol. The molecule has 20 heavy (non-hydrogen) atoms. The van der Waals surface area contributed by atoms with Gasteiger partial charge in [0.25, 0.3) is 0 Å². The molecule has 100 valence electrons. The van der Waals surface area contributed by atoms with E-state index in [0.29, 0.717) is 18.4 Å². The minimum atomic E-state index is -0.850. The van der Waals surface area contributed by atoms with Gasteiger partial charge in [-0.1, -0.05) is 24.3 Å². The van der Waals surface area contributed by atoms with Gasteiger partial charge in [0.05, 0.1) is 11.6 Å². The molecule has 0 amide bonds. The van der Waals surface area contributed by atoms with Gasteiger partial charge in [0.2, 0.25) is 0 Å². The van der Waals surface area contributed by atoms with Crippen molar-refractivity contribution in [3.05, 3.63) is 42.0 Å². The molecule has 0 unspecified atom stereocenters. The summed E-state index contributed by atoms with van der Waals surface area (Å²) < 4.78 is 0. The number of aliphatic carboxylic acids is 1. The first-order chi connectivity index (χ1) is 9.66. The van der Waals surface area contributed by atoms with Crippen LogP contribution in [0.15, 0.2) is 36.4 Å². The average Bonchev–Trinajstić information content (AvgIpc) is 2.42. The molecule has 1 fully saturated rings. The van der Waals surface area contributed by atoms with Crippen LogP contribution in [0.5, 0.6) is 0 Å². The van der Waals surface area contributed by atoms with Crippen LogP contribution in [0.4, 0.5) is 5.69 Å². The van der Waals surface area contributed by atoms with Crippen molar-refractivity contribution in [2.45, 2.75) is 24.8 Å². The summed E-state index contributed by atoms with van der Waals surface area (Å²) in [6.45, 7) is 0. The monoisotopic (exact) mass is 266 g/mol. The lowest BCUT2D eigenvalue weighted by Gasteiger charge is -2.39. The smallest absolute Gasteiger partial charge is 0.329 e. The number of fused-ring (bicyclic) bond motifs is 1. The molecule has 0 heterocycles. The molecule has 4 heteroatoms. The molecule has 2 aromatic carbocycles. The highest BCUT2D eigenvalue weighted by Gasteiger charge is 2.44. The second-order valence-corrected chi connectivity index (χ2v) is 5.18. The highest BCUT2D eigenvalue weighted by molar-refractivity contribution is 5.99. The van der Waals surface area contributed by atoms with Crippen LogP contribution in [-0.4, -0.2) is 16.6 Å². The van der Waals surface area contributed by atoms with Gasteiger partial charge in [-0.25, -0.2) is 4.79 Å². The normalized spacial score (nSPS) is 16.1. The number of hydrogen-bond donors (Lipinski definition) is 2. The number of rotatable bonds is 3. The predicted molar refractivity (Wildman–Crippen MR) is 76.5 cm³/mol. The largest absolute Gasteiger partial charge is 0.480 e. The van der Waals surface area contributed by atoms with Crippen molar-refractivity contribution in [2.75, 3.05) is 5.32 Å². The molecule has 2 aromatic rings. The third kappa shape index (κ3) is 1.79. The molecular weight excluding hydrogens is 252 g/mol. The van der Waals surface area contributed by atoms with E-state index in [-0.39, 0.29) is 0 Å². The fraction of sp³-hybridized carbons (Fsp3) is 0.250. The van der Waals surface area contributed by atoms with Crippen molar-refractivity contribution in [3.63, 3.8) is 0 Å².